The fourth-order valence-electron chi connectivity index (χ4n) is 4.20. The third-order valence-electron chi connectivity index (χ3n) is 6.26. The molecule has 0 amide bonds. The number of methoxy groups -OCH3 is 1. The lowest BCUT2D eigenvalue weighted by Crippen LogP contribution is -2.66. The van der Waals surface area contributed by atoms with Gasteiger partial charge in [-0.05, 0) is 6.92 Å². The predicted molar refractivity (Wildman–Crippen MR) is 105 cm³/mol. The van der Waals surface area contributed by atoms with E-state index in [1.807, 2.05) is 0 Å². The molecule has 15 heteroatoms. The lowest BCUT2D eigenvalue weighted by Gasteiger charge is -2.48. The van der Waals surface area contributed by atoms with Gasteiger partial charge in [0, 0.05) is 7.11 Å². The summed E-state index contributed by atoms with van der Waals surface area (Å²) in [6.45, 7) is 0.111. The number of hydrogen-bond acceptors (Lipinski definition) is 15. The van der Waals surface area contributed by atoms with Crippen LogP contribution in [0.4, 0.5) is 0 Å². The van der Waals surface area contributed by atoms with Crippen LogP contribution in [0.25, 0.3) is 0 Å². The molecule has 3 saturated heterocycles. The molecule has 0 spiro atoms. The van der Waals surface area contributed by atoms with E-state index in [1.54, 1.807) is 0 Å². The molecule has 3 rings (SSSR count). The summed E-state index contributed by atoms with van der Waals surface area (Å²) in [5.74, 6) is 0. The molecule has 3 heterocycles. The van der Waals surface area contributed by atoms with Gasteiger partial charge in [0.1, 0.15) is 67.1 Å². The van der Waals surface area contributed by atoms with Crippen LogP contribution in [0.3, 0.4) is 0 Å². The van der Waals surface area contributed by atoms with Crippen LogP contribution in [-0.4, -0.2) is 158 Å². The zero-order valence-electron chi connectivity index (χ0n) is 18.5. The Morgan fingerprint density at radius 3 is 1.41 bits per heavy atom. The summed E-state index contributed by atoms with van der Waals surface area (Å²) < 4.78 is 32.8. The number of rotatable bonds is 7. The van der Waals surface area contributed by atoms with Gasteiger partial charge in [-0.15, -0.1) is 0 Å². The number of ether oxygens (including phenoxy) is 6. The molecule has 0 bridgehead atoms. The highest BCUT2D eigenvalue weighted by Gasteiger charge is 2.53. The molecule has 15 atom stereocenters. The fraction of sp³-hybridized carbons (Fsp3) is 1.00. The largest absolute Gasteiger partial charge is 0.394 e. The molecular weight excluding hydrogens is 468 g/mol. The van der Waals surface area contributed by atoms with Crippen LogP contribution in [0.5, 0.6) is 0 Å². The van der Waals surface area contributed by atoms with Crippen molar-refractivity contribution in [3.05, 3.63) is 0 Å². The summed E-state index contributed by atoms with van der Waals surface area (Å²) in [4.78, 5) is 0. The van der Waals surface area contributed by atoms with Crippen molar-refractivity contribution in [2.75, 3.05) is 20.3 Å². The molecule has 0 aliphatic carbocycles. The van der Waals surface area contributed by atoms with Gasteiger partial charge < -0.3 is 74.4 Å². The van der Waals surface area contributed by atoms with Crippen molar-refractivity contribution >= 4 is 0 Å². The maximum Gasteiger partial charge on any atom is 0.187 e. The zero-order valence-corrected chi connectivity index (χ0v) is 18.5. The molecule has 0 saturated carbocycles. The second-order valence-electron chi connectivity index (χ2n) is 8.53. The Bertz CT molecular complexity index is 637. The first kappa shape index (κ1) is 28.0. The van der Waals surface area contributed by atoms with Gasteiger partial charge in [-0.25, -0.2) is 0 Å². The first-order valence-corrected chi connectivity index (χ1v) is 10.8. The van der Waals surface area contributed by atoms with Crippen molar-refractivity contribution in [3.8, 4) is 0 Å². The normalized spacial score (nSPS) is 52.5. The van der Waals surface area contributed by atoms with E-state index in [1.165, 1.54) is 14.0 Å². The summed E-state index contributed by atoms with van der Waals surface area (Å²) in [7, 11) is 1.25. The van der Waals surface area contributed by atoms with Gasteiger partial charge in [0.15, 0.2) is 18.9 Å². The van der Waals surface area contributed by atoms with Crippen molar-refractivity contribution in [2.24, 2.45) is 0 Å². The molecule has 0 aromatic rings. The van der Waals surface area contributed by atoms with Crippen molar-refractivity contribution in [1.29, 1.82) is 0 Å². The number of aliphatic hydroxyl groups excluding tert-OH is 9. The van der Waals surface area contributed by atoms with Gasteiger partial charge in [0.25, 0.3) is 0 Å². The van der Waals surface area contributed by atoms with Crippen LogP contribution in [-0.2, 0) is 28.4 Å². The number of aliphatic hydroxyl groups is 9. The van der Waals surface area contributed by atoms with Crippen LogP contribution in [0, 0.1) is 0 Å². The highest BCUT2D eigenvalue weighted by molar-refractivity contribution is 4.96. The van der Waals surface area contributed by atoms with E-state index in [9.17, 15) is 46.0 Å². The Kier molecular flexibility index (Phi) is 9.57. The smallest absolute Gasteiger partial charge is 0.187 e. The monoisotopic (exact) mass is 502 g/mol. The quantitative estimate of drug-likeness (QED) is 0.157. The summed E-state index contributed by atoms with van der Waals surface area (Å²) >= 11 is 0. The Balaban J connectivity index is 1.83. The van der Waals surface area contributed by atoms with Gasteiger partial charge >= 0.3 is 0 Å². The van der Waals surface area contributed by atoms with Crippen molar-refractivity contribution < 1.29 is 74.4 Å². The van der Waals surface area contributed by atoms with E-state index in [0.29, 0.717) is 0 Å². The second kappa shape index (κ2) is 11.6. The van der Waals surface area contributed by atoms with E-state index < -0.39 is 105 Å². The van der Waals surface area contributed by atoms with Gasteiger partial charge in [0.05, 0.1) is 19.3 Å². The molecule has 15 nitrogen and oxygen atoms in total. The molecule has 200 valence electrons. The van der Waals surface area contributed by atoms with Gasteiger partial charge in [-0.1, -0.05) is 0 Å². The molecule has 3 aliphatic heterocycles. The second-order valence-corrected chi connectivity index (χ2v) is 8.53. The molecule has 0 unspecified atom stereocenters. The van der Waals surface area contributed by atoms with E-state index in [4.69, 9.17) is 28.4 Å². The SMILES string of the molecule is CO[C@@H]1O[C@@H](C)[C@H](O[C@H]2O[C@H](CO)[C@@H](O)[C@H](O)[C@@H]2O)[C@@H](O[C@@H]2O[C@H](CO)[C@@H](O)[C@H](O)[C@H]2O)[C@H]1O. The average molecular weight is 502 g/mol. The lowest BCUT2D eigenvalue weighted by molar-refractivity contribution is -0.382. The highest BCUT2D eigenvalue weighted by atomic mass is 16.8. The number of hydrogen-bond donors (Lipinski definition) is 9. The van der Waals surface area contributed by atoms with Crippen LogP contribution in [0.1, 0.15) is 6.92 Å². The zero-order chi connectivity index (χ0) is 25.3. The van der Waals surface area contributed by atoms with E-state index in [-0.39, 0.29) is 0 Å². The summed E-state index contributed by atoms with van der Waals surface area (Å²) in [5.41, 5.74) is 0. The third-order valence-corrected chi connectivity index (χ3v) is 6.26. The molecule has 0 radical (unpaired) electrons. The Hall–Kier alpha value is -0.600. The van der Waals surface area contributed by atoms with Gasteiger partial charge in [-0.2, -0.15) is 0 Å². The van der Waals surface area contributed by atoms with Gasteiger partial charge in [-0.3, -0.25) is 0 Å². The summed E-state index contributed by atoms with van der Waals surface area (Å²) in [6.07, 6.45) is -22.4. The van der Waals surface area contributed by atoms with Crippen LogP contribution >= 0.6 is 0 Å². The Morgan fingerprint density at radius 2 is 1.00 bits per heavy atom. The molecule has 0 aromatic carbocycles. The molecule has 3 aliphatic rings. The minimum absolute atomic E-state index is 0.694. The lowest BCUT2D eigenvalue weighted by atomic mass is 9.96. The first-order valence-electron chi connectivity index (χ1n) is 10.8. The van der Waals surface area contributed by atoms with Crippen LogP contribution in [0.15, 0.2) is 0 Å². The topological polar surface area (TPSA) is 237 Å². The van der Waals surface area contributed by atoms with Crippen LogP contribution in [0.2, 0.25) is 0 Å². The maximum atomic E-state index is 10.8. The van der Waals surface area contributed by atoms with Crippen LogP contribution < -0.4 is 0 Å². The van der Waals surface area contributed by atoms with E-state index in [2.05, 4.69) is 0 Å². The standard InChI is InChI=1S/C19H34O15/c1-5-15(33-18-12(26)10(24)8(22)6(3-20)31-18)16(14(28)17(29-2)30-5)34-19-13(27)11(25)9(23)7(4-21)32-19/h5-28H,3-4H2,1-2H3/t5-,6+,7+,8+,9+,10-,11-,12-,13+,14+,15-,16-,17+,18+,19-/m0/s1. The molecule has 3 fully saturated rings. The van der Waals surface area contributed by atoms with Gasteiger partial charge in [0.2, 0.25) is 0 Å². The maximum absolute atomic E-state index is 10.8. The minimum atomic E-state index is -1.78. The molecule has 9 N–H and O–H groups in total. The minimum Gasteiger partial charge on any atom is -0.394 e. The van der Waals surface area contributed by atoms with Crippen molar-refractivity contribution in [1.82, 2.24) is 0 Å². The van der Waals surface area contributed by atoms with E-state index in [0.717, 1.165) is 0 Å². The Labute approximate surface area is 194 Å². The molecular formula is C19H34O15. The van der Waals surface area contributed by atoms with Crippen molar-refractivity contribution in [2.45, 2.75) is 99.0 Å². The van der Waals surface area contributed by atoms with E-state index >= 15 is 0 Å². The molecule has 0 aromatic heterocycles. The Morgan fingerprint density at radius 1 is 0.559 bits per heavy atom. The third kappa shape index (κ3) is 5.39. The van der Waals surface area contributed by atoms with Crippen molar-refractivity contribution in [3.63, 3.8) is 0 Å². The first-order chi connectivity index (χ1) is 16.0. The average Bonchev–Trinajstić information content (AvgIpc) is 2.83. The molecule has 34 heavy (non-hydrogen) atoms. The highest BCUT2D eigenvalue weighted by Crippen LogP contribution is 2.33. The fourth-order valence-corrected chi connectivity index (χ4v) is 4.20. The summed E-state index contributed by atoms with van der Waals surface area (Å²) in [6, 6.07) is 0. The summed E-state index contributed by atoms with van der Waals surface area (Å²) in [5, 5.41) is 90.2. The predicted octanol–water partition coefficient (Wildman–Crippen LogP) is -5.89.